The van der Waals surface area contributed by atoms with Crippen LogP contribution < -0.4 is 0 Å². The van der Waals surface area contributed by atoms with Crippen LogP contribution in [0, 0.1) is 5.92 Å². The van der Waals surface area contributed by atoms with Gasteiger partial charge in [-0.15, -0.1) is 0 Å². The van der Waals surface area contributed by atoms with Gasteiger partial charge in [0.15, 0.2) is 0 Å². The predicted molar refractivity (Wildman–Crippen MR) is 76.2 cm³/mol. The van der Waals surface area contributed by atoms with Crippen LogP contribution in [0.5, 0.6) is 0 Å². The van der Waals surface area contributed by atoms with E-state index in [-0.39, 0.29) is 0 Å². The molecule has 2 unspecified atom stereocenters. The molecule has 3 atom stereocenters. The summed E-state index contributed by atoms with van der Waals surface area (Å²) in [4.78, 5) is 23.3. The Morgan fingerprint density at radius 2 is 1.33 bits per heavy atom. The van der Waals surface area contributed by atoms with Gasteiger partial charge in [0.25, 0.3) is 0 Å². The molecule has 2 N–H and O–H groups in total. The summed E-state index contributed by atoms with van der Waals surface area (Å²) in [5.41, 5.74) is 2.23. The van der Waals surface area contributed by atoms with Crippen molar-refractivity contribution in [2.24, 2.45) is 5.92 Å². The van der Waals surface area contributed by atoms with Gasteiger partial charge in [-0.25, -0.2) is 0 Å². The Hall–Kier alpha value is -2.62. The van der Waals surface area contributed by atoms with Gasteiger partial charge in [-0.3, -0.25) is 9.59 Å². The maximum Gasteiger partial charge on any atom is 0.311 e. The second kappa shape index (κ2) is 5.05. The van der Waals surface area contributed by atoms with Gasteiger partial charge in [0.1, 0.15) is 0 Å². The van der Waals surface area contributed by atoms with Gasteiger partial charge in [0, 0.05) is 5.92 Å². The monoisotopic (exact) mass is 282 g/mol. The summed E-state index contributed by atoms with van der Waals surface area (Å²) in [7, 11) is 0. The minimum Gasteiger partial charge on any atom is -0.481 e. The van der Waals surface area contributed by atoms with Crippen molar-refractivity contribution in [3.05, 3.63) is 71.3 Å². The molecule has 0 saturated carbocycles. The maximum absolute atomic E-state index is 11.7. The van der Waals surface area contributed by atoms with E-state index in [0.29, 0.717) is 5.56 Å². The maximum atomic E-state index is 11.7. The van der Waals surface area contributed by atoms with Crippen molar-refractivity contribution in [3.8, 4) is 0 Å². The van der Waals surface area contributed by atoms with Crippen molar-refractivity contribution in [2.45, 2.75) is 11.8 Å². The zero-order chi connectivity index (χ0) is 15.0. The van der Waals surface area contributed by atoms with E-state index in [4.69, 9.17) is 0 Å². The van der Waals surface area contributed by atoms with Crippen LogP contribution in [-0.4, -0.2) is 22.2 Å². The molecule has 0 amide bonds. The van der Waals surface area contributed by atoms with E-state index in [9.17, 15) is 19.8 Å². The minimum atomic E-state index is -1.09. The van der Waals surface area contributed by atoms with Gasteiger partial charge in [-0.1, -0.05) is 54.6 Å². The molecule has 4 heteroatoms. The summed E-state index contributed by atoms with van der Waals surface area (Å²) < 4.78 is 0. The fourth-order valence-electron chi connectivity index (χ4n) is 3.28. The van der Waals surface area contributed by atoms with E-state index >= 15 is 0 Å². The summed E-state index contributed by atoms with van der Waals surface area (Å²) in [6.07, 6.45) is 0. The molecule has 1 aliphatic carbocycles. The van der Waals surface area contributed by atoms with Gasteiger partial charge in [-0.05, 0) is 16.7 Å². The fourth-order valence-corrected chi connectivity index (χ4v) is 3.28. The van der Waals surface area contributed by atoms with Crippen LogP contribution in [-0.2, 0) is 9.59 Å². The number of hydrogen-bond acceptors (Lipinski definition) is 2. The molecular formula is C17H14O4. The Balaban J connectivity index is 2.22. The first-order valence-electron chi connectivity index (χ1n) is 6.70. The number of carbonyl (C=O) groups is 2. The highest BCUT2D eigenvalue weighted by molar-refractivity contribution is 5.88. The van der Waals surface area contributed by atoms with Crippen molar-refractivity contribution < 1.29 is 19.8 Å². The summed E-state index contributed by atoms with van der Waals surface area (Å²) in [6.45, 7) is 0. The molecule has 3 rings (SSSR count). The van der Waals surface area contributed by atoms with Crippen LogP contribution in [0.25, 0.3) is 0 Å². The summed E-state index contributed by atoms with van der Waals surface area (Å²) in [6, 6.07) is 16.3. The van der Waals surface area contributed by atoms with Crippen molar-refractivity contribution in [1.82, 2.24) is 0 Å². The molecule has 0 bridgehead atoms. The molecule has 1 aliphatic rings. The van der Waals surface area contributed by atoms with Crippen LogP contribution >= 0.6 is 0 Å². The standard InChI is InChI=1S/C17H14O4/c18-16(19)14-12-9-5-4-8-11(12)13(15(14)17(20)21)10-6-2-1-3-7-10/h1-9,13-15H,(H,18,19)(H,20,21)/t13-,14?,15?/m1/s1. The highest BCUT2D eigenvalue weighted by atomic mass is 16.4. The van der Waals surface area contributed by atoms with Gasteiger partial charge in [0.05, 0.1) is 11.8 Å². The molecule has 0 radical (unpaired) electrons. The van der Waals surface area contributed by atoms with Gasteiger partial charge in [0.2, 0.25) is 0 Å². The van der Waals surface area contributed by atoms with Crippen molar-refractivity contribution in [1.29, 1.82) is 0 Å². The first-order valence-corrected chi connectivity index (χ1v) is 6.70. The van der Waals surface area contributed by atoms with E-state index in [2.05, 4.69) is 0 Å². The Bertz CT molecular complexity index is 693. The Morgan fingerprint density at radius 3 is 1.90 bits per heavy atom. The van der Waals surface area contributed by atoms with E-state index in [0.717, 1.165) is 11.1 Å². The second-order valence-corrected chi connectivity index (χ2v) is 5.20. The smallest absolute Gasteiger partial charge is 0.311 e. The summed E-state index contributed by atoms with van der Waals surface area (Å²) in [5, 5.41) is 19.1. The van der Waals surface area contributed by atoms with E-state index in [1.165, 1.54) is 0 Å². The molecule has 2 aromatic rings. The number of carboxylic acids is 2. The highest BCUT2D eigenvalue weighted by Gasteiger charge is 2.48. The van der Waals surface area contributed by atoms with Crippen LogP contribution in [0.2, 0.25) is 0 Å². The molecular weight excluding hydrogens is 268 g/mol. The van der Waals surface area contributed by atoms with Crippen LogP contribution in [0.1, 0.15) is 28.5 Å². The van der Waals surface area contributed by atoms with Crippen molar-refractivity contribution >= 4 is 11.9 Å². The SMILES string of the molecule is O=C(O)C1c2ccccc2[C@@H](c2ccccc2)C1C(=O)O. The molecule has 0 fully saturated rings. The fraction of sp³-hybridized carbons (Fsp3) is 0.176. The third kappa shape index (κ3) is 2.09. The topological polar surface area (TPSA) is 74.6 Å². The van der Waals surface area contributed by atoms with Crippen LogP contribution in [0.4, 0.5) is 0 Å². The van der Waals surface area contributed by atoms with Crippen LogP contribution in [0.3, 0.4) is 0 Å². The predicted octanol–water partition coefficient (Wildman–Crippen LogP) is 2.70. The first-order chi connectivity index (χ1) is 10.1. The summed E-state index contributed by atoms with van der Waals surface area (Å²) in [5.74, 6) is -4.59. The zero-order valence-corrected chi connectivity index (χ0v) is 11.1. The zero-order valence-electron chi connectivity index (χ0n) is 11.1. The highest BCUT2D eigenvalue weighted by Crippen LogP contribution is 2.49. The first kappa shape index (κ1) is 13.4. The lowest BCUT2D eigenvalue weighted by molar-refractivity contribution is -0.150. The lowest BCUT2D eigenvalue weighted by Crippen LogP contribution is -2.27. The number of benzene rings is 2. The number of aliphatic carboxylic acids is 2. The molecule has 21 heavy (non-hydrogen) atoms. The van der Waals surface area contributed by atoms with E-state index in [1.54, 1.807) is 12.1 Å². The summed E-state index contributed by atoms with van der Waals surface area (Å²) >= 11 is 0. The third-order valence-electron chi connectivity index (χ3n) is 4.09. The average Bonchev–Trinajstić information content (AvgIpc) is 2.83. The number of carboxylic acid groups (broad SMARTS) is 2. The molecule has 0 saturated heterocycles. The lowest BCUT2D eigenvalue weighted by Gasteiger charge is -2.19. The number of rotatable bonds is 3. The van der Waals surface area contributed by atoms with E-state index < -0.39 is 29.7 Å². The minimum absolute atomic E-state index is 0.430. The molecule has 0 aliphatic heterocycles. The van der Waals surface area contributed by atoms with Crippen LogP contribution in [0.15, 0.2) is 54.6 Å². The quantitative estimate of drug-likeness (QED) is 0.907. The molecule has 0 heterocycles. The van der Waals surface area contributed by atoms with Gasteiger partial charge < -0.3 is 10.2 Å². The second-order valence-electron chi connectivity index (χ2n) is 5.20. The van der Waals surface area contributed by atoms with Crippen molar-refractivity contribution in [3.63, 3.8) is 0 Å². The Labute approximate surface area is 121 Å². The normalized spacial score (nSPS) is 23.5. The Kier molecular flexibility index (Phi) is 3.22. The number of fused-ring (bicyclic) bond motifs is 1. The molecule has 0 spiro atoms. The van der Waals surface area contributed by atoms with Gasteiger partial charge >= 0.3 is 11.9 Å². The van der Waals surface area contributed by atoms with Gasteiger partial charge in [-0.2, -0.15) is 0 Å². The molecule has 106 valence electrons. The largest absolute Gasteiger partial charge is 0.481 e. The third-order valence-corrected chi connectivity index (χ3v) is 4.09. The number of hydrogen-bond donors (Lipinski definition) is 2. The molecule has 4 nitrogen and oxygen atoms in total. The average molecular weight is 282 g/mol. The van der Waals surface area contributed by atoms with Crippen molar-refractivity contribution in [2.75, 3.05) is 0 Å². The molecule has 0 aromatic heterocycles. The lowest BCUT2D eigenvalue weighted by atomic mass is 9.82. The Morgan fingerprint density at radius 1 is 0.762 bits per heavy atom. The molecule has 2 aromatic carbocycles. The van der Waals surface area contributed by atoms with E-state index in [1.807, 2.05) is 42.5 Å².